The number of hydrogen-bond acceptors (Lipinski definition) is 2. The molecule has 15 heavy (non-hydrogen) atoms. The minimum Gasteiger partial charge on any atom is -0.475 e. The summed E-state index contributed by atoms with van der Waals surface area (Å²) in [6, 6.07) is 4.39. The molecular formula is C11H9FO3. The number of halogens is 1. The van der Waals surface area contributed by atoms with E-state index < -0.39 is 11.8 Å². The molecule has 0 saturated carbocycles. The summed E-state index contributed by atoms with van der Waals surface area (Å²) < 4.78 is 13.0. The molecule has 0 fully saturated rings. The van der Waals surface area contributed by atoms with Crippen molar-refractivity contribution < 1.29 is 19.1 Å². The maximum atomic E-state index is 13.0. The van der Waals surface area contributed by atoms with Crippen LogP contribution < -0.4 is 0 Å². The van der Waals surface area contributed by atoms with Gasteiger partial charge in [0, 0.05) is 0 Å². The van der Waals surface area contributed by atoms with Crippen molar-refractivity contribution in [2.75, 3.05) is 0 Å². The van der Waals surface area contributed by atoms with Crippen molar-refractivity contribution in [3.05, 3.63) is 41.2 Å². The predicted molar refractivity (Wildman–Crippen MR) is 52.8 cm³/mol. The van der Waals surface area contributed by atoms with Crippen LogP contribution in [0.15, 0.2) is 24.3 Å². The van der Waals surface area contributed by atoms with Gasteiger partial charge in [-0.1, -0.05) is 18.2 Å². The Morgan fingerprint density at radius 3 is 2.60 bits per heavy atom. The molecule has 0 spiro atoms. The molecule has 0 heterocycles. The largest absolute Gasteiger partial charge is 0.475 e. The molecule has 1 rings (SSSR count). The fourth-order valence-electron chi connectivity index (χ4n) is 0.956. The maximum Gasteiger partial charge on any atom is 0.376 e. The average molecular weight is 208 g/mol. The SMILES string of the molecule is Cc1ccc(/C=C/C(=O)C(=O)O)cc1F. The summed E-state index contributed by atoms with van der Waals surface area (Å²) in [7, 11) is 0. The van der Waals surface area contributed by atoms with Crippen molar-refractivity contribution in [3.63, 3.8) is 0 Å². The van der Waals surface area contributed by atoms with Crippen molar-refractivity contribution in [2.24, 2.45) is 0 Å². The van der Waals surface area contributed by atoms with E-state index in [9.17, 15) is 14.0 Å². The van der Waals surface area contributed by atoms with Gasteiger partial charge >= 0.3 is 5.97 Å². The number of aryl methyl sites for hydroxylation is 1. The third-order valence-corrected chi connectivity index (χ3v) is 1.83. The van der Waals surface area contributed by atoms with Crippen LogP contribution in [0.25, 0.3) is 6.08 Å². The topological polar surface area (TPSA) is 54.4 Å². The molecule has 0 unspecified atom stereocenters. The molecule has 4 heteroatoms. The van der Waals surface area contributed by atoms with E-state index in [1.165, 1.54) is 12.1 Å². The van der Waals surface area contributed by atoms with Gasteiger partial charge in [-0.05, 0) is 30.2 Å². The van der Waals surface area contributed by atoms with E-state index in [1.807, 2.05) is 0 Å². The molecule has 1 N–H and O–H groups in total. The molecule has 0 aliphatic rings. The monoisotopic (exact) mass is 208 g/mol. The number of benzene rings is 1. The van der Waals surface area contributed by atoms with E-state index in [-0.39, 0.29) is 5.82 Å². The van der Waals surface area contributed by atoms with Gasteiger partial charge in [0.15, 0.2) is 0 Å². The normalized spacial score (nSPS) is 10.5. The van der Waals surface area contributed by atoms with E-state index in [4.69, 9.17) is 5.11 Å². The lowest BCUT2D eigenvalue weighted by Gasteiger charge is -1.96. The van der Waals surface area contributed by atoms with Gasteiger partial charge in [-0.2, -0.15) is 0 Å². The van der Waals surface area contributed by atoms with Crippen LogP contribution in [0.2, 0.25) is 0 Å². The number of carbonyl (C=O) groups is 2. The number of carboxylic acid groups (broad SMARTS) is 1. The van der Waals surface area contributed by atoms with Gasteiger partial charge in [-0.3, -0.25) is 4.79 Å². The molecule has 0 atom stereocenters. The number of carboxylic acids is 1. The lowest BCUT2D eigenvalue weighted by molar-refractivity contribution is -0.146. The Morgan fingerprint density at radius 1 is 1.40 bits per heavy atom. The highest BCUT2D eigenvalue weighted by Crippen LogP contribution is 2.10. The zero-order valence-electron chi connectivity index (χ0n) is 8.03. The minimum atomic E-state index is -1.53. The van der Waals surface area contributed by atoms with E-state index in [1.54, 1.807) is 19.1 Å². The van der Waals surface area contributed by atoms with Gasteiger partial charge in [-0.25, -0.2) is 9.18 Å². The van der Waals surface area contributed by atoms with Gasteiger partial charge in [0.1, 0.15) is 5.82 Å². The molecule has 1 aromatic carbocycles. The number of aliphatic carboxylic acids is 1. The van der Waals surface area contributed by atoms with E-state index in [2.05, 4.69) is 0 Å². The summed E-state index contributed by atoms with van der Waals surface area (Å²) >= 11 is 0. The number of hydrogen-bond donors (Lipinski definition) is 1. The fourth-order valence-corrected chi connectivity index (χ4v) is 0.956. The molecule has 0 bridgehead atoms. The van der Waals surface area contributed by atoms with Crippen molar-refractivity contribution in [1.29, 1.82) is 0 Å². The average Bonchev–Trinajstić information content (AvgIpc) is 2.19. The van der Waals surface area contributed by atoms with Crippen LogP contribution in [0.5, 0.6) is 0 Å². The Hall–Kier alpha value is -1.97. The second kappa shape index (κ2) is 4.50. The molecular weight excluding hydrogens is 199 g/mol. The van der Waals surface area contributed by atoms with Crippen molar-refractivity contribution in [3.8, 4) is 0 Å². The number of rotatable bonds is 3. The second-order valence-electron chi connectivity index (χ2n) is 3.01. The number of carbonyl (C=O) groups excluding carboxylic acids is 1. The highest BCUT2D eigenvalue weighted by atomic mass is 19.1. The van der Waals surface area contributed by atoms with Gasteiger partial charge < -0.3 is 5.11 Å². The first kappa shape index (κ1) is 11.1. The molecule has 0 aromatic heterocycles. The van der Waals surface area contributed by atoms with Crippen LogP contribution >= 0.6 is 0 Å². The summed E-state index contributed by atoms with van der Waals surface area (Å²) in [6.45, 7) is 1.62. The van der Waals surface area contributed by atoms with Crippen molar-refractivity contribution in [1.82, 2.24) is 0 Å². The zero-order valence-corrected chi connectivity index (χ0v) is 8.03. The third kappa shape index (κ3) is 3.02. The van der Waals surface area contributed by atoms with Gasteiger partial charge in [0.2, 0.25) is 0 Å². The Kier molecular flexibility index (Phi) is 3.33. The predicted octanol–water partition coefficient (Wildman–Crippen LogP) is 1.80. The fraction of sp³-hybridized carbons (Fsp3) is 0.0909. The zero-order chi connectivity index (χ0) is 11.4. The van der Waals surface area contributed by atoms with E-state index in [0.717, 1.165) is 6.08 Å². The Balaban J connectivity index is 2.86. The standard InChI is InChI=1S/C11H9FO3/c1-7-2-3-8(6-9(7)12)4-5-10(13)11(14)15/h2-6H,1H3,(H,14,15)/b5-4+. The lowest BCUT2D eigenvalue weighted by atomic mass is 10.1. The maximum absolute atomic E-state index is 13.0. The first-order chi connectivity index (χ1) is 7.00. The van der Waals surface area contributed by atoms with Gasteiger partial charge in [-0.15, -0.1) is 0 Å². The summed E-state index contributed by atoms with van der Waals surface area (Å²) in [6.07, 6.45) is 2.16. The molecule has 0 radical (unpaired) electrons. The number of ketones is 1. The molecule has 0 aliphatic carbocycles. The van der Waals surface area contributed by atoms with Crippen molar-refractivity contribution >= 4 is 17.8 Å². The first-order valence-electron chi connectivity index (χ1n) is 4.22. The van der Waals surface area contributed by atoms with Crippen LogP contribution in [0, 0.1) is 12.7 Å². The lowest BCUT2D eigenvalue weighted by Crippen LogP contribution is -2.08. The molecule has 78 valence electrons. The Bertz CT molecular complexity index is 435. The van der Waals surface area contributed by atoms with Crippen molar-refractivity contribution in [2.45, 2.75) is 6.92 Å². The van der Waals surface area contributed by atoms with Gasteiger partial charge in [0.25, 0.3) is 5.78 Å². The summed E-state index contributed by atoms with van der Waals surface area (Å²) in [4.78, 5) is 20.9. The van der Waals surface area contributed by atoms with E-state index in [0.29, 0.717) is 11.1 Å². The highest BCUT2D eigenvalue weighted by molar-refractivity contribution is 6.38. The minimum absolute atomic E-state index is 0.389. The van der Waals surface area contributed by atoms with Crippen LogP contribution in [-0.4, -0.2) is 16.9 Å². The van der Waals surface area contributed by atoms with Crippen LogP contribution in [0.4, 0.5) is 4.39 Å². The van der Waals surface area contributed by atoms with Crippen LogP contribution in [0.3, 0.4) is 0 Å². The van der Waals surface area contributed by atoms with Gasteiger partial charge in [0.05, 0.1) is 0 Å². The highest BCUT2D eigenvalue weighted by Gasteiger charge is 2.05. The molecule has 3 nitrogen and oxygen atoms in total. The smallest absolute Gasteiger partial charge is 0.376 e. The van der Waals surface area contributed by atoms with E-state index >= 15 is 0 Å². The molecule has 0 amide bonds. The summed E-state index contributed by atoms with van der Waals surface area (Å²) in [5.41, 5.74) is 0.949. The van der Waals surface area contributed by atoms with Crippen LogP contribution in [0.1, 0.15) is 11.1 Å². The molecule has 0 saturated heterocycles. The molecule has 0 aliphatic heterocycles. The quantitative estimate of drug-likeness (QED) is 0.608. The third-order valence-electron chi connectivity index (χ3n) is 1.83. The second-order valence-corrected chi connectivity index (χ2v) is 3.01. The first-order valence-corrected chi connectivity index (χ1v) is 4.22. The molecule has 1 aromatic rings. The van der Waals surface area contributed by atoms with Crippen LogP contribution in [-0.2, 0) is 9.59 Å². The Labute approximate surface area is 85.8 Å². The summed E-state index contributed by atoms with van der Waals surface area (Å²) in [5, 5.41) is 8.28. The Morgan fingerprint density at radius 2 is 2.07 bits per heavy atom. The summed E-state index contributed by atoms with van der Waals surface area (Å²) in [5.74, 6) is -2.95.